The molecule has 0 radical (unpaired) electrons. The van der Waals surface area contributed by atoms with Crippen LogP contribution in [0.4, 0.5) is 4.79 Å². The summed E-state index contributed by atoms with van der Waals surface area (Å²) in [6.45, 7) is 8.18. The number of imide groups is 1. The zero-order chi connectivity index (χ0) is 13.9. The van der Waals surface area contributed by atoms with Crippen molar-refractivity contribution < 1.29 is 9.59 Å². The van der Waals surface area contributed by atoms with E-state index in [2.05, 4.69) is 25.2 Å². The maximum Gasteiger partial charge on any atom is 0.318 e. The summed E-state index contributed by atoms with van der Waals surface area (Å²) in [4.78, 5) is 23.0. The van der Waals surface area contributed by atoms with E-state index in [9.17, 15) is 9.59 Å². The first-order valence-corrected chi connectivity index (χ1v) is 6.61. The van der Waals surface area contributed by atoms with Crippen molar-refractivity contribution in [3.8, 4) is 0 Å². The predicted molar refractivity (Wildman–Crippen MR) is 73.8 cm³/mol. The first-order chi connectivity index (χ1) is 8.32. The molecule has 4 nitrogen and oxygen atoms in total. The molecule has 0 spiro atoms. The van der Waals surface area contributed by atoms with E-state index in [1.165, 1.54) is 34.0 Å². The van der Waals surface area contributed by atoms with Gasteiger partial charge in [0.25, 0.3) is 0 Å². The van der Waals surface area contributed by atoms with E-state index in [1.807, 2.05) is 13.8 Å². The largest absolute Gasteiger partial charge is 0.351 e. The summed E-state index contributed by atoms with van der Waals surface area (Å²) in [5, 5.41) is 2.06. The monoisotopic (exact) mass is 266 g/mol. The molecule has 0 saturated heterocycles. The Balaban J connectivity index is 2.85. The van der Waals surface area contributed by atoms with Crippen LogP contribution in [-0.4, -0.2) is 17.7 Å². The SMILES string of the molecule is Cc1cc(C)c(C)c(SCC(=O)NC(N)=O)c1C. The van der Waals surface area contributed by atoms with Gasteiger partial charge in [0.2, 0.25) is 5.91 Å². The van der Waals surface area contributed by atoms with Crippen molar-refractivity contribution in [1.29, 1.82) is 0 Å². The summed E-state index contributed by atoms with van der Waals surface area (Å²) >= 11 is 1.43. The molecule has 1 aromatic rings. The minimum atomic E-state index is -0.811. The molecule has 18 heavy (non-hydrogen) atoms. The number of amides is 3. The van der Waals surface area contributed by atoms with E-state index in [1.54, 1.807) is 0 Å². The molecule has 0 aliphatic rings. The zero-order valence-electron chi connectivity index (χ0n) is 11.1. The Morgan fingerprint density at radius 3 is 2.11 bits per heavy atom. The molecule has 0 aliphatic heterocycles. The quantitative estimate of drug-likeness (QED) is 0.824. The number of thioether (sulfide) groups is 1. The Morgan fingerprint density at radius 2 is 1.67 bits per heavy atom. The molecule has 3 N–H and O–H groups in total. The second-order valence-corrected chi connectivity index (χ2v) is 5.28. The van der Waals surface area contributed by atoms with Gasteiger partial charge in [0.15, 0.2) is 0 Å². The topological polar surface area (TPSA) is 72.2 Å². The molecule has 0 atom stereocenters. The summed E-state index contributed by atoms with van der Waals surface area (Å²) in [5.41, 5.74) is 9.65. The molecule has 5 heteroatoms. The van der Waals surface area contributed by atoms with Crippen LogP contribution >= 0.6 is 11.8 Å². The second kappa shape index (κ2) is 5.91. The number of primary amides is 1. The second-order valence-electron chi connectivity index (χ2n) is 4.29. The summed E-state index contributed by atoms with van der Waals surface area (Å²) in [5.74, 6) is -0.182. The zero-order valence-corrected chi connectivity index (χ0v) is 11.9. The summed E-state index contributed by atoms with van der Waals surface area (Å²) < 4.78 is 0. The fourth-order valence-electron chi connectivity index (χ4n) is 1.71. The van der Waals surface area contributed by atoms with Crippen LogP contribution in [0.1, 0.15) is 22.3 Å². The van der Waals surface area contributed by atoms with Gasteiger partial charge >= 0.3 is 6.03 Å². The highest BCUT2D eigenvalue weighted by Gasteiger charge is 2.11. The van der Waals surface area contributed by atoms with Gasteiger partial charge in [-0.05, 0) is 49.9 Å². The van der Waals surface area contributed by atoms with Gasteiger partial charge in [-0.25, -0.2) is 4.79 Å². The summed E-state index contributed by atoms with van der Waals surface area (Å²) in [7, 11) is 0. The molecule has 1 aromatic carbocycles. The van der Waals surface area contributed by atoms with Crippen molar-refractivity contribution in [1.82, 2.24) is 5.32 Å². The number of rotatable bonds is 3. The number of carbonyl (C=O) groups is 2. The Labute approximate surface area is 111 Å². The van der Waals surface area contributed by atoms with E-state index in [-0.39, 0.29) is 11.7 Å². The van der Waals surface area contributed by atoms with Crippen molar-refractivity contribution in [3.63, 3.8) is 0 Å². The molecule has 0 unspecified atom stereocenters. The minimum absolute atomic E-state index is 0.188. The molecule has 98 valence electrons. The van der Waals surface area contributed by atoms with Gasteiger partial charge in [0.05, 0.1) is 5.75 Å². The number of benzene rings is 1. The number of urea groups is 1. The lowest BCUT2D eigenvalue weighted by molar-refractivity contribution is -0.117. The standard InChI is InChI=1S/C13H18N2O2S/c1-7-5-8(2)10(4)12(9(7)3)18-6-11(16)15-13(14)17/h5H,6H2,1-4H3,(H3,14,15,16,17). The molecule has 3 amide bonds. The Morgan fingerprint density at radius 1 is 1.17 bits per heavy atom. The van der Waals surface area contributed by atoms with Crippen molar-refractivity contribution in [2.45, 2.75) is 32.6 Å². The van der Waals surface area contributed by atoms with Crippen LogP contribution < -0.4 is 11.1 Å². The first-order valence-electron chi connectivity index (χ1n) is 5.62. The van der Waals surface area contributed by atoms with E-state index < -0.39 is 6.03 Å². The predicted octanol–water partition coefficient (Wildman–Crippen LogP) is 2.21. The van der Waals surface area contributed by atoms with Crippen molar-refractivity contribution in [2.24, 2.45) is 5.73 Å². The molecule has 0 aromatic heterocycles. The van der Waals surface area contributed by atoms with Gasteiger partial charge in [-0.3, -0.25) is 10.1 Å². The number of aryl methyl sites for hydroxylation is 2. The van der Waals surface area contributed by atoms with Crippen molar-refractivity contribution in [3.05, 3.63) is 28.3 Å². The van der Waals surface area contributed by atoms with E-state index in [4.69, 9.17) is 5.73 Å². The number of nitrogens with two attached hydrogens (primary N) is 1. The molecule has 0 bridgehead atoms. The molecule has 0 saturated carbocycles. The van der Waals surface area contributed by atoms with Crippen LogP contribution in [0.25, 0.3) is 0 Å². The maximum atomic E-state index is 11.4. The van der Waals surface area contributed by atoms with Gasteiger partial charge in [-0.1, -0.05) is 6.07 Å². The van der Waals surface area contributed by atoms with E-state index in [0.717, 1.165) is 4.90 Å². The molecular weight excluding hydrogens is 248 g/mol. The molecule has 0 aliphatic carbocycles. The lowest BCUT2D eigenvalue weighted by Crippen LogP contribution is -2.36. The Kier molecular flexibility index (Phi) is 4.78. The van der Waals surface area contributed by atoms with Gasteiger partial charge in [-0.2, -0.15) is 0 Å². The molecular formula is C13H18N2O2S. The number of nitrogens with one attached hydrogen (secondary N) is 1. The summed E-state index contributed by atoms with van der Waals surface area (Å²) in [6.07, 6.45) is 0. The molecule has 1 rings (SSSR count). The maximum absolute atomic E-state index is 11.4. The average molecular weight is 266 g/mol. The minimum Gasteiger partial charge on any atom is -0.351 e. The van der Waals surface area contributed by atoms with Crippen LogP contribution in [0.2, 0.25) is 0 Å². The average Bonchev–Trinajstić information content (AvgIpc) is 2.25. The van der Waals surface area contributed by atoms with E-state index >= 15 is 0 Å². The third kappa shape index (κ3) is 3.50. The van der Waals surface area contributed by atoms with Crippen molar-refractivity contribution in [2.75, 3.05) is 5.75 Å². The van der Waals surface area contributed by atoms with Crippen LogP contribution in [0.3, 0.4) is 0 Å². The van der Waals surface area contributed by atoms with Gasteiger partial charge in [-0.15, -0.1) is 11.8 Å². The van der Waals surface area contributed by atoms with Gasteiger partial charge in [0.1, 0.15) is 0 Å². The van der Waals surface area contributed by atoms with Crippen LogP contribution in [0.15, 0.2) is 11.0 Å². The summed E-state index contributed by atoms with van der Waals surface area (Å²) in [6, 6.07) is 1.33. The number of carbonyl (C=O) groups excluding carboxylic acids is 2. The third-order valence-corrected chi connectivity index (χ3v) is 4.22. The highest BCUT2D eigenvalue weighted by molar-refractivity contribution is 8.00. The normalized spacial score (nSPS) is 10.2. The van der Waals surface area contributed by atoms with Crippen molar-refractivity contribution >= 4 is 23.7 Å². The Hall–Kier alpha value is -1.49. The highest BCUT2D eigenvalue weighted by Crippen LogP contribution is 2.30. The lowest BCUT2D eigenvalue weighted by atomic mass is 10.0. The highest BCUT2D eigenvalue weighted by atomic mass is 32.2. The van der Waals surface area contributed by atoms with Gasteiger partial charge in [0, 0.05) is 4.90 Å². The van der Waals surface area contributed by atoms with Crippen LogP contribution in [0.5, 0.6) is 0 Å². The smallest absolute Gasteiger partial charge is 0.318 e. The molecule has 0 fully saturated rings. The first kappa shape index (κ1) is 14.6. The fraction of sp³-hybridized carbons (Fsp3) is 0.385. The fourth-order valence-corrected chi connectivity index (χ4v) is 2.81. The van der Waals surface area contributed by atoms with E-state index in [0.29, 0.717) is 0 Å². The number of hydrogen-bond acceptors (Lipinski definition) is 3. The van der Waals surface area contributed by atoms with Gasteiger partial charge < -0.3 is 5.73 Å². The van der Waals surface area contributed by atoms with Crippen LogP contribution in [-0.2, 0) is 4.79 Å². The Bertz CT molecular complexity index is 472. The molecule has 0 heterocycles. The van der Waals surface area contributed by atoms with Crippen LogP contribution in [0, 0.1) is 27.7 Å². The third-order valence-electron chi connectivity index (χ3n) is 2.91. The lowest BCUT2D eigenvalue weighted by Gasteiger charge is -2.14. The number of hydrogen-bond donors (Lipinski definition) is 2.